The van der Waals surface area contributed by atoms with Crippen molar-refractivity contribution in [3.63, 3.8) is 0 Å². The number of benzene rings is 2. The van der Waals surface area contributed by atoms with E-state index in [0.717, 1.165) is 5.56 Å². The van der Waals surface area contributed by atoms with Crippen molar-refractivity contribution in [2.45, 2.75) is 24.3 Å². The van der Waals surface area contributed by atoms with Crippen molar-refractivity contribution in [3.8, 4) is 5.75 Å². The third kappa shape index (κ3) is 8.23. The predicted octanol–water partition coefficient (Wildman–Crippen LogP) is 3.52. The zero-order valence-electron chi connectivity index (χ0n) is 14.8. The number of rotatable bonds is 12. The van der Waals surface area contributed by atoms with Crippen LogP contribution < -0.4 is 10.1 Å². The topological polar surface area (TPSA) is 75.6 Å². The Morgan fingerprint density at radius 2 is 1.85 bits per heavy atom. The van der Waals surface area contributed by atoms with Crippen molar-refractivity contribution in [1.82, 2.24) is 5.32 Å². The number of carboxylic acid groups (broad SMARTS) is 1. The Kier molecular flexibility index (Phi) is 8.80. The number of ketones is 1. The molecule has 2 N–H and O–H groups in total. The highest BCUT2D eigenvalue weighted by Gasteiger charge is 2.05. The van der Waals surface area contributed by atoms with E-state index >= 15 is 0 Å². The number of thioether (sulfide) groups is 1. The Labute approximate surface area is 161 Å². The second kappa shape index (κ2) is 11.4. The van der Waals surface area contributed by atoms with Gasteiger partial charge in [-0.25, -0.2) is 9.18 Å². The lowest BCUT2D eigenvalue weighted by Gasteiger charge is -2.07. The molecule has 0 aromatic heterocycles. The molecule has 0 saturated carbocycles. The van der Waals surface area contributed by atoms with E-state index in [2.05, 4.69) is 5.32 Å². The fourth-order valence-corrected chi connectivity index (χ4v) is 3.19. The minimum atomic E-state index is -1.02. The molecule has 0 bridgehead atoms. The van der Waals surface area contributed by atoms with Crippen LogP contribution in [-0.2, 0) is 16.1 Å². The highest BCUT2D eigenvalue weighted by Crippen LogP contribution is 2.22. The number of carboxylic acids is 1. The molecule has 5 nitrogen and oxygen atoms in total. The maximum absolute atomic E-state index is 13.5. The van der Waals surface area contributed by atoms with Gasteiger partial charge in [-0.3, -0.25) is 4.79 Å². The van der Waals surface area contributed by atoms with Crippen molar-refractivity contribution in [2.24, 2.45) is 0 Å². The van der Waals surface area contributed by atoms with Crippen LogP contribution in [0.5, 0.6) is 5.75 Å². The maximum atomic E-state index is 13.5. The molecule has 0 aliphatic rings. The van der Waals surface area contributed by atoms with Crippen molar-refractivity contribution < 1.29 is 23.8 Å². The van der Waals surface area contributed by atoms with Crippen LogP contribution in [0.15, 0.2) is 53.4 Å². The van der Waals surface area contributed by atoms with E-state index in [1.807, 2.05) is 12.1 Å². The van der Waals surface area contributed by atoms with Crippen molar-refractivity contribution in [2.75, 3.05) is 18.9 Å². The molecular formula is C20H22FNO4S. The second-order valence-corrected chi connectivity index (χ2v) is 6.99. The molecule has 144 valence electrons. The predicted molar refractivity (Wildman–Crippen MR) is 103 cm³/mol. The molecule has 0 saturated heterocycles. The summed E-state index contributed by atoms with van der Waals surface area (Å²) in [4.78, 5) is 22.9. The summed E-state index contributed by atoms with van der Waals surface area (Å²) in [6.45, 7) is 0.442. The van der Waals surface area contributed by atoms with E-state index in [0.29, 0.717) is 35.8 Å². The Balaban J connectivity index is 1.59. The molecule has 2 aromatic rings. The summed E-state index contributed by atoms with van der Waals surface area (Å²) in [6.07, 6.45) is 1.16. The number of aliphatic carboxylic acids is 1. The molecule has 27 heavy (non-hydrogen) atoms. The van der Waals surface area contributed by atoms with Gasteiger partial charge in [0.05, 0.1) is 6.54 Å². The minimum Gasteiger partial charge on any atom is -0.482 e. The number of carbonyl (C=O) groups excluding carboxylic acids is 1. The highest BCUT2D eigenvalue weighted by atomic mass is 32.2. The summed E-state index contributed by atoms with van der Waals surface area (Å²) in [7, 11) is 0. The van der Waals surface area contributed by atoms with Gasteiger partial charge in [0, 0.05) is 17.9 Å². The van der Waals surface area contributed by atoms with Crippen molar-refractivity contribution in [1.29, 1.82) is 0 Å². The molecule has 7 heteroatoms. The van der Waals surface area contributed by atoms with Gasteiger partial charge in [0.15, 0.2) is 6.61 Å². The second-order valence-electron chi connectivity index (χ2n) is 5.85. The van der Waals surface area contributed by atoms with Crippen LogP contribution in [0.25, 0.3) is 0 Å². The van der Waals surface area contributed by atoms with Gasteiger partial charge >= 0.3 is 5.97 Å². The number of halogens is 1. The average Bonchev–Trinajstić information content (AvgIpc) is 2.66. The smallest absolute Gasteiger partial charge is 0.341 e. The zero-order chi connectivity index (χ0) is 19.5. The van der Waals surface area contributed by atoms with Gasteiger partial charge in [0.2, 0.25) is 0 Å². The molecule has 0 heterocycles. The summed E-state index contributed by atoms with van der Waals surface area (Å²) >= 11 is 1.42. The van der Waals surface area contributed by atoms with E-state index in [1.165, 1.54) is 17.8 Å². The summed E-state index contributed by atoms with van der Waals surface area (Å²) in [5.41, 5.74) is 0.973. The number of Topliss-reactive ketones (excluding diaryl/α,β-unsaturated/α-hetero) is 1. The van der Waals surface area contributed by atoms with Crippen LogP contribution >= 0.6 is 11.8 Å². The lowest BCUT2D eigenvalue weighted by molar-refractivity contribution is -0.139. The molecule has 2 rings (SSSR count). The van der Waals surface area contributed by atoms with Crippen LogP contribution in [-0.4, -0.2) is 35.8 Å². The van der Waals surface area contributed by atoms with E-state index in [-0.39, 0.29) is 24.8 Å². The van der Waals surface area contributed by atoms with E-state index < -0.39 is 5.97 Å². The first-order valence-corrected chi connectivity index (χ1v) is 9.56. The highest BCUT2D eigenvalue weighted by molar-refractivity contribution is 7.99. The van der Waals surface area contributed by atoms with Gasteiger partial charge in [-0.1, -0.05) is 24.3 Å². The molecule has 0 atom stereocenters. The average molecular weight is 391 g/mol. The van der Waals surface area contributed by atoms with Gasteiger partial charge < -0.3 is 15.2 Å². The zero-order valence-corrected chi connectivity index (χ0v) is 15.6. The SMILES string of the molecule is O=C(O)COc1ccc(CNCC(=O)CCCSc2ccccc2F)cc1. The fourth-order valence-electron chi connectivity index (χ4n) is 2.30. The molecule has 2 aromatic carbocycles. The maximum Gasteiger partial charge on any atom is 0.341 e. The standard InChI is InChI=1S/C20H22FNO4S/c21-18-5-1-2-6-19(18)27-11-3-4-16(23)13-22-12-15-7-9-17(10-8-15)26-14-20(24)25/h1-2,5-10,22H,3-4,11-14H2,(H,24,25). The van der Waals surface area contributed by atoms with E-state index in [1.54, 1.807) is 30.3 Å². The lowest BCUT2D eigenvalue weighted by atomic mass is 10.2. The molecule has 0 spiro atoms. The monoisotopic (exact) mass is 391 g/mol. The van der Waals surface area contributed by atoms with Crippen LogP contribution in [0.4, 0.5) is 4.39 Å². The molecule has 0 fully saturated rings. The summed E-state index contributed by atoms with van der Waals surface area (Å²) in [5.74, 6) is 0.0568. The number of hydrogen-bond donors (Lipinski definition) is 2. The fraction of sp³-hybridized carbons (Fsp3) is 0.300. The summed E-state index contributed by atoms with van der Waals surface area (Å²) in [5, 5.41) is 11.6. The number of ether oxygens (including phenoxy) is 1. The largest absolute Gasteiger partial charge is 0.482 e. The quantitative estimate of drug-likeness (QED) is 0.426. The normalized spacial score (nSPS) is 10.6. The van der Waals surface area contributed by atoms with Gasteiger partial charge in [0.1, 0.15) is 17.3 Å². The van der Waals surface area contributed by atoms with Crippen molar-refractivity contribution in [3.05, 3.63) is 59.9 Å². The molecular weight excluding hydrogens is 369 g/mol. The Hall–Kier alpha value is -2.38. The van der Waals surface area contributed by atoms with Gasteiger partial charge in [0.25, 0.3) is 0 Å². The molecule has 0 unspecified atom stereocenters. The Bertz CT molecular complexity index is 752. The van der Waals surface area contributed by atoms with Crippen LogP contribution in [0.2, 0.25) is 0 Å². The summed E-state index contributed by atoms with van der Waals surface area (Å²) in [6, 6.07) is 13.7. The Morgan fingerprint density at radius 1 is 1.11 bits per heavy atom. The van der Waals surface area contributed by atoms with E-state index in [9.17, 15) is 14.0 Å². The van der Waals surface area contributed by atoms with Crippen molar-refractivity contribution >= 4 is 23.5 Å². The number of hydrogen-bond acceptors (Lipinski definition) is 5. The minimum absolute atomic E-state index is 0.116. The number of carbonyl (C=O) groups is 2. The summed E-state index contributed by atoms with van der Waals surface area (Å²) < 4.78 is 18.5. The van der Waals surface area contributed by atoms with Gasteiger partial charge in [-0.15, -0.1) is 11.8 Å². The molecule has 0 amide bonds. The van der Waals surface area contributed by atoms with Crippen LogP contribution in [0, 0.1) is 5.82 Å². The van der Waals surface area contributed by atoms with Crippen LogP contribution in [0.3, 0.4) is 0 Å². The van der Waals surface area contributed by atoms with Crippen LogP contribution in [0.1, 0.15) is 18.4 Å². The van der Waals surface area contributed by atoms with E-state index in [4.69, 9.17) is 9.84 Å². The first kappa shape index (κ1) is 20.9. The van der Waals surface area contributed by atoms with Gasteiger partial charge in [-0.2, -0.15) is 0 Å². The Morgan fingerprint density at radius 3 is 2.56 bits per heavy atom. The first-order valence-electron chi connectivity index (χ1n) is 8.58. The molecule has 0 radical (unpaired) electrons. The third-order valence-corrected chi connectivity index (χ3v) is 4.77. The lowest BCUT2D eigenvalue weighted by Crippen LogP contribution is -2.22. The first-order chi connectivity index (χ1) is 13.0. The number of nitrogens with one attached hydrogen (secondary N) is 1. The third-order valence-electron chi connectivity index (χ3n) is 3.63. The van der Waals surface area contributed by atoms with Gasteiger partial charge in [-0.05, 0) is 42.0 Å². The molecule has 0 aliphatic carbocycles. The molecule has 0 aliphatic heterocycles.